The molecule has 0 radical (unpaired) electrons. The molecule has 1 aliphatic rings. The fraction of sp³-hybridized carbons (Fsp3) is 0.238. The number of carbonyl (C=O) groups is 2. The third-order valence-corrected chi connectivity index (χ3v) is 9.58. The summed E-state index contributed by atoms with van der Waals surface area (Å²) in [5.74, 6) is -1.17. The minimum Gasteiger partial charge on any atom is -0.366 e. The zero-order valence-corrected chi connectivity index (χ0v) is 18.9. The zero-order valence-electron chi connectivity index (χ0n) is 16.5. The maximum Gasteiger partial charge on any atom is 0.252 e. The van der Waals surface area contributed by atoms with Gasteiger partial charge in [0.2, 0.25) is 5.91 Å². The number of anilines is 1. The fourth-order valence-electron chi connectivity index (χ4n) is 3.52. The molecule has 1 fully saturated rings. The Morgan fingerprint density at radius 1 is 1.06 bits per heavy atom. The molecule has 31 heavy (non-hydrogen) atoms. The van der Waals surface area contributed by atoms with Gasteiger partial charge in [-0.3, -0.25) is 9.59 Å². The van der Waals surface area contributed by atoms with Crippen molar-refractivity contribution in [1.29, 1.82) is 0 Å². The molecular weight excluding hydrogens is 454 g/mol. The quantitative estimate of drug-likeness (QED) is 0.567. The Bertz CT molecular complexity index is 1180. The van der Waals surface area contributed by atoms with E-state index >= 15 is 0 Å². The molecule has 0 bridgehead atoms. The summed E-state index contributed by atoms with van der Waals surface area (Å²) in [6.07, 6.45) is 0.832. The van der Waals surface area contributed by atoms with Crippen molar-refractivity contribution in [2.45, 2.75) is 17.1 Å². The number of rotatable bonds is 6. The summed E-state index contributed by atoms with van der Waals surface area (Å²) in [5, 5.41) is 5.00. The third kappa shape index (κ3) is 4.57. The smallest absolute Gasteiger partial charge is 0.252 e. The number of piperidine rings is 1. The van der Waals surface area contributed by atoms with Gasteiger partial charge in [0.1, 0.15) is 9.21 Å². The van der Waals surface area contributed by atoms with E-state index in [1.165, 1.54) is 27.0 Å². The van der Waals surface area contributed by atoms with E-state index in [0.29, 0.717) is 22.1 Å². The molecule has 3 aromatic rings. The highest BCUT2D eigenvalue weighted by Gasteiger charge is 2.33. The maximum atomic E-state index is 12.9. The zero-order chi connectivity index (χ0) is 22.0. The number of carbonyl (C=O) groups excluding carboxylic acids is 2. The third-order valence-electron chi connectivity index (χ3n) is 5.21. The Hall–Kier alpha value is -2.53. The lowest BCUT2D eigenvalue weighted by atomic mass is 9.97. The van der Waals surface area contributed by atoms with Gasteiger partial charge in [-0.25, -0.2) is 8.42 Å². The van der Waals surface area contributed by atoms with Crippen molar-refractivity contribution in [3.05, 3.63) is 59.5 Å². The van der Waals surface area contributed by atoms with Crippen LogP contribution in [-0.2, 0) is 14.8 Å². The Morgan fingerprint density at radius 2 is 1.77 bits per heavy atom. The molecule has 3 heterocycles. The van der Waals surface area contributed by atoms with Gasteiger partial charge in [0.05, 0.1) is 5.56 Å². The van der Waals surface area contributed by atoms with Gasteiger partial charge in [0, 0.05) is 23.9 Å². The predicted molar refractivity (Wildman–Crippen MR) is 123 cm³/mol. The first-order chi connectivity index (χ1) is 14.9. The number of nitrogens with one attached hydrogen (secondary N) is 1. The highest BCUT2D eigenvalue weighted by atomic mass is 32.2. The number of thiophene rings is 2. The van der Waals surface area contributed by atoms with Gasteiger partial charge in [-0.05, 0) is 35.9 Å². The average molecular weight is 476 g/mol. The van der Waals surface area contributed by atoms with Crippen LogP contribution in [0.2, 0.25) is 0 Å². The minimum absolute atomic E-state index is 0.225. The summed E-state index contributed by atoms with van der Waals surface area (Å²) in [5.41, 5.74) is 6.72. The molecule has 0 spiro atoms. The second kappa shape index (κ2) is 8.91. The molecule has 1 aromatic carbocycles. The van der Waals surface area contributed by atoms with Crippen LogP contribution in [0.1, 0.15) is 23.2 Å². The average Bonchev–Trinajstić information content (AvgIpc) is 3.45. The topological polar surface area (TPSA) is 110 Å². The number of amides is 2. The monoisotopic (exact) mass is 475 g/mol. The van der Waals surface area contributed by atoms with E-state index in [4.69, 9.17) is 5.73 Å². The second-order valence-electron chi connectivity index (χ2n) is 7.18. The lowest BCUT2D eigenvalue weighted by molar-refractivity contribution is -0.120. The standard InChI is InChI=1S/C21H21N3O4S3/c22-19(25)16-13-17(14-5-2-1-3-6-14)30-21(16)23-20(26)15-8-10-24(11-9-15)31(27,28)18-7-4-12-29-18/h1-7,12-13,15H,8-11H2,(H2,22,25)(H,23,26). The van der Waals surface area contributed by atoms with E-state index in [1.54, 1.807) is 23.6 Å². The Morgan fingerprint density at radius 3 is 2.39 bits per heavy atom. The molecule has 2 aromatic heterocycles. The molecular formula is C21H21N3O4S3. The van der Waals surface area contributed by atoms with Crippen LogP contribution < -0.4 is 11.1 Å². The Kier molecular flexibility index (Phi) is 6.24. The van der Waals surface area contributed by atoms with Crippen molar-refractivity contribution in [3.63, 3.8) is 0 Å². The fourth-order valence-corrected chi connectivity index (χ4v) is 7.21. The number of nitrogens with zero attached hydrogens (tertiary/aromatic N) is 1. The highest BCUT2D eigenvalue weighted by molar-refractivity contribution is 7.91. The summed E-state index contributed by atoms with van der Waals surface area (Å²) in [7, 11) is -3.51. The molecule has 0 atom stereocenters. The predicted octanol–water partition coefficient (Wildman–Crippen LogP) is 3.61. The Balaban J connectivity index is 1.45. The van der Waals surface area contributed by atoms with Gasteiger partial charge >= 0.3 is 0 Å². The van der Waals surface area contributed by atoms with Gasteiger partial charge in [0.15, 0.2) is 0 Å². The summed E-state index contributed by atoms with van der Waals surface area (Å²) in [4.78, 5) is 25.6. The van der Waals surface area contributed by atoms with E-state index in [-0.39, 0.29) is 30.5 Å². The number of sulfonamides is 1. The number of hydrogen-bond donors (Lipinski definition) is 2. The molecule has 0 saturated carbocycles. The molecule has 2 amide bonds. The van der Waals surface area contributed by atoms with Crippen LogP contribution in [0.5, 0.6) is 0 Å². The lowest BCUT2D eigenvalue weighted by Gasteiger charge is -2.30. The Labute approximate surface area is 188 Å². The van der Waals surface area contributed by atoms with Crippen molar-refractivity contribution in [3.8, 4) is 10.4 Å². The van der Waals surface area contributed by atoms with Crippen molar-refractivity contribution in [2.75, 3.05) is 18.4 Å². The van der Waals surface area contributed by atoms with Crippen LogP contribution in [-0.4, -0.2) is 37.6 Å². The molecule has 7 nitrogen and oxygen atoms in total. The summed E-state index contributed by atoms with van der Waals surface area (Å²) < 4.78 is 27.1. The van der Waals surface area contributed by atoms with E-state index in [2.05, 4.69) is 5.32 Å². The van der Waals surface area contributed by atoms with Crippen molar-refractivity contribution in [1.82, 2.24) is 4.31 Å². The first-order valence-corrected chi connectivity index (χ1v) is 12.8. The van der Waals surface area contributed by atoms with E-state index in [1.807, 2.05) is 30.3 Å². The van der Waals surface area contributed by atoms with Crippen molar-refractivity contribution >= 4 is 49.5 Å². The van der Waals surface area contributed by atoms with Crippen LogP contribution in [0.15, 0.2) is 58.1 Å². The van der Waals surface area contributed by atoms with E-state index in [9.17, 15) is 18.0 Å². The van der Waals surface area contributed by atoms with Gasteiger partial charge in [-0.15, -0.1) is 22.7 Å². The first kappa shape index (κ1) is 21.7. The SMILES string of the molecule is NC(=O)c1cc(-c2ccccc2)sc1NC(=O)C1CCN(S(=O)(=O)c2cccs2)CC1. The normalized spacial score (nSPS) is 15.6. The number of benzene rings is 1. The van der Waals surface area contributed by atoms with Crippen LogP contribution in [0.25, 0.3) is 10.4 Å². The highest BCUT2D eigenvalue weighted by Crippen LogP contribution is 2.36. The molecule has 3 N–H and O–H groups in total. The van der Waals surface area contributed by atoms with Gasteiger partial charge in [0.25, 0.3) is 15.9 Å². The van der Waals surface area contributed by atoms with Crippen LogP contribution in [0.4, 0.5) is 5.00 Å². The molecule has 0 unspecified atom stereocenters. The number of hydrogen-bond acceptors (Lipinski definition) is 6. The van der Waals surface area contributed by atoms with Crippen LogP contribution in [0, 0.1) is 5.92 Å². The second-order valence-corrected chi connectivity index (χ2v) is 11.3. The molecule has 162 valence electrons. The van der Waals surface area contributed by atoms with Gasteiger partial charge in [-0.1, -0.05) is 36.4 Å². The molecule has 0 aliphatic carbocycles. The maximum absolute atomic E-state index is 12.9. The molecule has 1 saturated heterocycles. The molecule has 1 aliphatic heterocycles. The van der Waals surface area contributed by atoms with Gasteiger partial charge in [-0.2, -0.15) is 4.31 Å². The number of primary amides is 1. The number of nitrogens with two attached hydrogens (primary N) is 1. The minimum atomic E-state index is -3.51. The summed E-state index contributed by atoms with van der Waals surface area (Å²) in [6, 6.07) is 14.5. The van der Waals surface area contributed by atoms with Gasteiger partial charge < -0.3 is 11.1 Å². The van der Waals surface area contributed by atoms with Crippen LogP contribution in [0.3, 0.4) is 0 Å². The summed E-state index contributed by atoms with van der Waals surface area (Å²) in [6.45, 7) is 0.557. The summed E-state index contributed by atoms with van der Waals surface area (Å²) >= 11 is 2.48. The largest absolute Gasteiger partial charge is 0.366 e. The first-order valence-electron chi connectivity index (χ1n) is 9.70. The van der Waals surface area contributed by atoms with Crippen LogP contribution >= 0.6 is 22.7 Å². The van der Waals surface area contributed by atoms with Crippen molar-refractivity contribution < 1.29 is 18.0 Å². The molecule has 10 heteroatoms. The van der Waals surface area contributed by atoms with E-state index < -0.39 is 15.9 Å². The van der Waals surface area contributed by atoms with E-state index in [0.717, 1.165) is 10.4 Å². The molecule has 4 rings (SSSR count). The lowest BCUT2D eigenvalue weighted by Crippen LogP contribution is -2.41. The van der Waals surface area contributed by atoms with Crippen molar-refractivity contribution in [2.24, 2.45) is 11.7 Å².